The van der Waals surface area contributed by atoms with Gasteiger partial charge in [-0.15, -0.1) is 5.10 Å². The molecule has 0 aliphatic rings. The van der Waals surface area contributed by atoms with Crippen molar-refractivity contribution in [3.05, 3.63) is 41.7 Å². The van der Waals surface area contributed by atoms with Crippen LogP contribution in [0.2, 0.25) is 0 Å². The largest absolute Gasteiger partial charge is 0.478 e. The number of carboxylic acids is 1. The Kier molecular flexibility index (Phi) is 4.09. The first-order chi connectivity index (χ1) is 9.58. The highest BCUT2D eigenvalue weighted by Crippen LogP contribution is 2.19. The maximum Gasteiger partial charge on any atom is 0.338 e. The number of carboxylic acid groups (broad SMARTS) is 1. The highest BCUT2D eigenvalue weighted by molar-refractivity contribution is 6.01. The minimum absolute atomic E-state index is 0.113. The SMILES string of the molecule is Cc1cccc(NC(=O)CCn2ccnn2)c1C(=O)O. The van der Waals surface area contributed by atoms with Crippen LogP contribution in [0.15, 0.2) is 30.6 Å². The number of nitrogens with one attached hydrogen (secondary N) is 1. The molecule has 1 aromatic heterocycles. The fraction of sp³-hybridized carbons (Fsp3) is 0.231. The molecule has 2 aromatic rings. The molecule has 1 amide bonds. The standard InChI is InChI=1S/C13H14N4O3/c1-9-3-2-4-10(12(9)13(19)20)15-11(18)5-7-17-8-6-14-16-17/h2-4,6,8H,5,7H2,1H3,(H,15,18)(H,19,20). The quantitative estimate of drug-likeness (QED) is 0.856. The molecule has 1 aromatic carbocycles. The Morgan fingerprint density at radius 1 is 1.40 bits per heavy atom. The lowest BCUT2D eigenvalue weighted by Crippen LogP contribution is -2.17. The Labute approximate surface area is 115 Å². The molecule has 104 valence electrons. The van der Waals surface area contributed by atoms with E-state index in [1.165, 1.54) is 10.9 Å². The van der Waals surface area contributed by atoms with E-state index in [1.54, 1.807) is 31.3 Å². The summed E-state index contributed by atoms with van der Waals surface area (Å²) >= 11 is 0. The van der Waals surface area contributed by atoms with Gasteiger partial charge in [-0.3, -0.25) is 9.48 Å². The topological polar surface area (TPSA) is 97.1 Å². The van der Waals surface area contributed by atoms with Crippen molar-refractivity contribution in [3.63, 3.8) is 0 Å². The number of carbonyl (C=O) groups excluding carboxylic acids is 1. The van der Waals surface area contributed by atoms with E-state index in [-0.39, 0.29) is 17.9 Å². The lowest BCUT2D eigenvalue weighted by Gasteiger charge is -2.10. The summed E-state index contributed by atoms with van der Waals surface area (Å²) in [5.74, 6) is -1.33. The summed E-state index contributed by atoms with van der Waals surface area (Å²) in [5.41, 5.74) is 1.02. The number of carbonyl (C=O) groups is 2. The number of hydrogen-bond donors (Lipinski definition) is 2. The first kappa shape index (κ1) is 13.7. The highest BCUT2D eigenvalue weighted by atomic mass is 16.4. The lowest BCUT2D eigenvalue weighted by atomic mass is 10.1. The molecule has 0 spiro atoms. The van der Waals surface area contributed by atoms with Crippen molar-refractivity contribution in [3.8, 4) is 0 Å². The number of anilines is 1. The van der Waals surface area contributed by atoms with Gasteiger partial charge < -0.3 is 10.4 Å². The Balaban J connectivity index is 2.04. The third-order valence-electron chi connectivity index (χ3n) is 2.80. The van der Waals surface area contributed by atoms with Crippen LogP contribution in [0.5, 0.6) is 0 Å². The molecule has 0 aliphatic carbocycles. The van der Waals surface area contributed by atoms with Crippen LogP contribution in [0.1, 0.15) is 22.3 Å². The first-order valence-corrected chi connectivity index (χ1v) is 6.05. The summed E-state index contributed by atoms with van der Waals surface area (Å²) in [6, 6.07) is 4.97. The smallest absolute Gasteiger partial charge is 0.338 e. The number of benzene rings is 1. The molecule has 2 rings (SSSR count). The van der Waals surface area contributed by atoms with E-state index < -0.39 is 5.97 Å². The van der Waals surface area contributed by atoms with Crippen LogP contribution in [0.25, 0.3) is 0 Å². The van der Waals surface area contributed by atoms with Crippen LogP contribution in [0.4, 0.5) is 5.69 Å². The van der Waals surface area contributed by atoms with Crippen molar-refractivity contribution in [2.75, 3.05) is 5.32 Å². The van der Waals surface area contributed by atoms with Crippen LogP contribution < -0.4 is 5.32 Å². The Hall–Kier alpha value is -2.70. The van der Waals surface area contributed by atoms with Gasteiger partial charge >= 0.3 is 5.97 Å². The summed E-state index contributed by atoms with van der Waals surface area (Å²) in [4.78, 5) is 23.0. The molecule has 20 heavy (non-hydrogen) atoms. The van der Waals surface area contributed by atoms with Crippen LogP contribution in [0, 0.1) is 6.92 Å². The zero-order valence-corrected chi connectivity index (χ0v) is 10.9. The van der Waals surface area contributed by atoms with Crippen LogP contribution in [-0.2, 0) is 11.3 Å². The van der Waals surface area contributed by atoms with Crippen molar-refractivity contribution in [2.24, 2.45) is 0 Å². The molecule has 0 atom stereocenters. The maximum atomic E-state index is 11.8. The van der Waals surface area contributed by atoms with E-state index in [2.05, 4.69) is 15.6 Å². The number of amides is 1. The van der Waals surface area contributed by atoms with Gasteiger partial charge in [0, 0.05) is 12.6 Å². The van der Waals surface area contributed by atoms with Crippen molar-refractivity contribution in [2.45, 2.75) is 19.9 Å². The predicted octanol–water partition coefficient (Wildman–Crippen LogP) is 1.31. The molecule has 0 radical (unpaired) electrons. The normalized spacial score (nSPS) is 10.2. The summed E-state index contributed by atoms with van der Waals surface area (Å²) in [6.45, 7) is 2.08. The molecule has 0 saturated heterocycles. The van der Waals surface area contributed by atoms with E-state index >= 15 is 0 Å². The summed E-state index contributed by atoms with van der Waals surface area (Å²) < 4.78 is 1.54. The molecule has 0 fully saturated rings. The van der Waals surface area contributed by atoms with Crippen molar-refractivity contribution in [1.82, 2.24) is 15.0 Å². The molecule has 0 bridgehead atoms. The van der Waals surface area contributed by atoms with Gasteiger partial charge in [-0.05, 0) is 18.6 Å². The Morgan fingerprint density at radius 3 is 2.85 bits per heavy atom. The number of nitrogens with zero attached hydrogens (tertiary/aromatic N) is 3. The van der Waals surface area contributed by atoms with Crippen LogP contribution in [-0.4, -0.2) is 32.0 Å². The fourth-order valence-corrected chi connectivity index (χ4v) is 1.84. The molecule has 0 saturated carbocycles. The molecular formula is C13H14N4O3. The minimum atomic E-state index is -1.06. The van der Waals surface area contributed by atoms with Gasteiger partial charge in [0.25, 0.3) is 0 Å². The van der Waals surface area contributed by atoms with Gasteiger partial charge in [0.05, 0.1) is 24.0 Å². The maximum absolute atomic E-state index is 11.8. The number of aromatic nitrogens is 3. The second-order valence-electron chi connectivity index (χ2n) is 4.27. The summed E-state index contributed by atoms with van der Waals surface area (Å²) in [5, 5.41) is 19.2. The van der Waals surface area contributed by atoms with Gasteiger partial charge in [-0.2, -0.15) is 0 Å². The van der Waals surface area contributed by atoms with E-state index in [9.17, 15) is 9.59 Å². The summed E-state index contributed by atoms with van der Waals surface area (Å²) in [7, 11) is 0. The molecule has 0 unspecified atom stereocenters. The highest BCUT2D eigenvalue weighted by Gasteiger charge is 2.14. The van der Waals surface area contributed by atoms with Crippen LogP contribution >= 0.6 is 0 Å². The zero-order valence-electron chi connectivity index (χ0n) is 10.9. The lowest BCUT2D eigenvalue weighted by molar-refractivity contribution is -0.116. The Morgan fingerprint density at radius 2 is 2.20 bits per heavy atom. The molecule has 0 aliphatic heterocycles. The zero-order chi connectivity index (χ0) is 14.5. The Bertz CT molecular complexity index is 623. The van der Waals surface area contributed by atoms with E-state index in [4.69, 9.17) is 5.11 Å². The molecule has 7 nitrogen and oxygen atoms in total. The number of hydrogen-bond acceptors (Lipinski definition) is 4. The monoisotopic (exact) mass is 274 g/mol. The van der Waals surface area contributed by atoms with E-state index in [1.807, 2.05) is 0 Å². The van der Waals surface area contributed by atoms with Gasteiger partial charge in [-0.1, -0.05) is 17.3 Å². The van der Waals surface area contributed by atoms with Gasteiger partial charge in [-0.25, -0.2) is 4.79 Å². The summed E-state index contributed by atoms with van der Waals surface area (Å²) in [6.07, 6.45) is 3.37. The van der Waals surface area contributed by atoms with E-state index in [0.717, 1.165) is 0 Å². The van der Waals surface area contributed by atoms with Gasteiger partial charge in [0.2, 0.25) is 5.91 Å². The van der Waals surface area contributed by atoms with Crippen molar-refractivity contribution < 1.29 is 14.7 Å². The molecule has 1 heterocycles. The molecule has 7 heteroatoms. The molecule has 2 N–H and O–H groups in total. The third kappa shape index (κ3) is 3.19. The second-order valence-corrected chi connectivity index (χ2v) is 4.27. The van der Waals surface area contributed by atoms with Gasteiger partial charge in [0.15, 0.2) is 0 Å². The average molecular weight is 274 g/mol. The fourth-order valence-electron chi connectivity index (χ4n) is 1.84. The first-order valence-electron chi connectivity index (χ1n) is 6.05. The number of aromatic carboxylic acids is 1. The van der Waals surface area contributed by atoms with Crippen LogP contribution in [0.3, 0.4) is 0 Å². The van der Waals surface area contributed by atoms with Crippen molar-refractivity contribution >= 4 is 17.6 Å². The number of aryl methyl sites for hydroxylation is 2. The minimum Gasteiger partial charge on any atom is -0.478 e. The third-order valence-corrected chi connectivity index (χ3v) is 2.80. The van der Waals surface area contributed by atoms with Crippen molar-refractivity contribution in [1.29, 1.82) is 0 Å². The molecular weight excluding hydrogens is 260 g/mol. The predicted molar refractivity (Wildman–Crippen MR) is 71.4 cm³/mol. The van der Waals surface area contributed by atoms with Gasteiger partial charge in [0.1, 0.15) is 0 Å². The second kappa shape index (κ2) is 5.96. The average Bonchev–Trinajstić information content (AvgIpc) is 2.89. The van der Waals surface area contributed by atoms with E-state index in [0.29, 0.717) is 17.8 Å². The number of rotatable bonds is 5.